The Morgan fingerprint density at radius 2 is 0.964 bits per heavy atom. The molecular formula is C52H33N3. The normalized spacial score (nSPS) is 11.6. The molecule has 0 spiro atoms. The van der Waals surface area contributed by atoms with Crippen LogP contribution in [-0.4, -0.2) is 14.5 Å². The molecule has 2 heterocycles. The van der Waals surface area contributed by atoms with E-state index in [0.717, 1.165) is 39.3 Å². The molecule has 11 rings (SSSR count). The van der Waals surface area contributed by atoms with Crippen molar-refractivity contribution in [1.29, 1.82) is 0 Å². The summed E-state index contributed by atoms with van der Waals surface area (Å²) in [6.45, 7) is 0. The van der Waals surface area contributed by atoms with E-state index in [1.54, 1.807) is 0 Å². The Labute approximate surface area is 318 Å². The highest BCUT2D eigenvalue weighted by molar-refractivity contribution is 6.16. The van der Waals surface area contributed by atoms with Crippen LogP contribution in [0.25, 0.3) is 105 Å². The maximum absolute atomic E-state index is 5.26. The third-order valence-corrected chi connectivity index (χ3v) is 11.0. The second-order valence-electron chi connectivity index (χ2n) is 14.2. The molecule has 0 N–H and O–H groups in total. The number of benzene rings is 9. The maximum Gasteiger partial charge on any atom is 0.160 e. The van der Waals surface area contributed by atoms with E-state index in [9.17, 15) is 0 Å². The highest BCUT2D eigenvalue weighted by atomic mass is 15.0. The van der Waals surface area contributed by atoms with Crippen molar-refractivity contribution in [2.24, 2.45) is 0 Å². The summed E-state index contributed by atoms with van der Waals surface area (Å²) < 4.78 is 2.35. The second kappa shape index (κ2) is 12.6. The predicted octanol–water partition coefficient (Wildman–Crippen LogP) is 13.7. The Kier molecular flexibility index (Phi) is 7.17. The fourth-order valence-corrected chi connectivity index (χ4v) is 8.39. The SMILES string of the molecule is c1ccc(-c2nc(-c3ccc(-c4cccc5c4ccc4cc6ccccc6cc45)cc3)cc(-c3cccc4c3c3ccccc3n4-c3ccccc3)n2)cc1. The molecule has 0 aliphatic carbocycles. The van der Waals surface area contributed by atoms with Crippen molar-refractivity contribution in [2.75, 3.05) is 0 Å². The molecule has 0 saturated heterocycles. The molecule has 3 nitrogen and oxygen atoms in total. The van der Waals surface area contributed by atoms with E-state index in [1.165, 1.54) is 59.7 Å². The Morgan fingerprint density at radius 3 is 1.80 bits per heavy atom. The molecule has 256 valence electrons. The van der Waals surface area contributed by atoms with Gasteiger partial charge in [-0.15, -0.1) is 0 Å². The van der Waals surface area contributed by atoms with Gasteiger partial charge in [-0.2, -0.15) is 0 Å². The van der Waals surface area contributed by atoms with Crippen LogP contribution in [0.3, 0.4) is 0 Å². The lowest BCUT2D eigenvalue weighted by Gasteiger charge is -2.13. The van der Waals surface area contributed by atoms with Crippen LogP contribution in [-0.2, 0) is 0 Å². The second-order valence-corrected chi connectivity index (χ2v) is 14.2. The quantitative estimate of drug-likeness (QED) is 0.132. The summed E-state index contributed by atoms with van der Waals surface area (Å²) in [5.74, 6) is 0.703. The summed E-state index contributed by atoms with van der Waals surface area (Å²) in [5.41, 5.74) is 10.7. The van der Waals surface area contributed by atoms with Crippen LogP contribution in [0.5, 0.6) is 0 Å². The van der Waals surface area contributed by atoms with Crippen molar-refractivity contribution in [3.63, 3.8) is 0 Å². The summed E-state index contributed by atoms with van der Waals surface area (Å²) in [6.07, 6.45) is 0. The van der Waals surface area contributed by atoms with Gasteiger partial charge in [-0.25, -0.2) is 9.97 Å². The first-order valence-corrected chi connectivity index (χ1v) is 18.7. The molecule has 0 fully saturated rings. The number of fused-ring (bicyclic) bond motifs is 7. The molecule has 9 aromatic carbocycles. The first-order valence-electron chi connectivity index (χ1n) is 18.7. The van der Waals surface area contributed by atoms with Gasteiger partial charge in [-0.1, -0.05) is 158 Å². The zero-order chi connectivity index (χ0) is 36.3. The summed E-state index contributed by atoms with van der Waals surface area (Å²) >= 11 is 0. The lowest BCUT2D eigenvalue weighted by atomic mass is 9.93. The number of aromatic nitrogens is 3. The van der Waals surface area contributed by atoms with E-state index < -0.39 is 0 Å². The van der Waals surface area contributed by atoms with Crippen LogP contribution < -0.4 is 0 Å². The van der Waals surface area contributed by atoms with Gasteiger partial charge in [-0.05, 0) is 85.9 Å². The number of para-hydroxylation sites is 2. The van der Waals surface area contributed by atoms with E-state index in [0.29, 0.717) is 5.82 Å². The van der Waals surface area contributed by atoms with Gasteiger partial charge in [0.15, 0.2) is 5.82 Å². The van der Waals surface area contributed by atoms with Gasteiger partial charge in [0.2, 0.25) is 0 Å². The molecule has 55 heavy (non-hydrogen) atoms. The fraction of sp³-hybridized carbons (Fsp3) is 0. The van der Waals surface area contributed by atoms with Gasteiger partial charge in [0, 0.05) is 33.2 Å². The zero-order valence-corrected chi connectivity index (χ0v) is 29.9. The minimum Gasteiger partial charge on any atom is -0.309 e. The lowest BCUT2D eigenvalue weighted by molar-refractivity contribution is 1.18. The molecule has 0 bridgehead atoms. The smallest absolute Gasteiger partial charge is 0.160 e. The number of nitrogens with zero attached hydrogens (tertiary/aromatic N) is 3. The molecule has 0 aliphatic rings. The average molecular weight is 700 g/mol. The molecule has 0 unspecified atom stereocenters. The lowest BCUT2D eigenvalue weighted by Crippen LogP contribution is -1.97. The van der Waals surface area contributed by atoms with E-state index in [-0.39, 0.29) is 0 Å². The average Bonchev–Trinajstić information content (AvgIpc) is 3.60. The molecule has 11 aromatic rings. The Balaban J connectivity index is 1.06. The summed E-state index contributed by atoms with van der Waals surface area (Å²) in [4.78, 5) is 10.5. The molecule has 0 aliphatic heterocycles. The number of hydrogen-bond acceptors (Lipinski definition) is 2. The van der Waals surface area contributed by atoms with Crippen molar-refractivity contribution in [3.05, 3.63) is 200 Å². The zero-order valence-electron chi connectivity index (χ0n) is 29.9. The molecule has 0 saturated carbocycles. The van der Waals surface area contributed by atoms with E-state index in [1.807, 2.05) is 18.2 Å². The van der Waals surface area contributed by atoms with Crippen molar-refractivity contribution in [3.8, 4) is 50.7 Å². The molecule has 0 atom stereocenters. The third-order valence-electron chi connectivity index (χ3n) is 11.0. The monoisotopic (exact) mass is 699 g/mol. The van der Waals surface area contributed by atoms with Crippen molar-refractivity contribution in [2.45, 2.75) is 0 Å². The van der Waals surface area contributed by atoms with Gasteiger partial charge in [0.05, 0.1) is 22.4 Å². The summed E-state index contributed by atoms with van der Waals surface area (Å²) in [6, 6.07) is 71.5. The Hall–Kier alpha value is -7.36. The van der Waals surface area contributed by atoms with Crippen molar-refractivity contribution in [1.82, 2.24) is 14.5 Å². The first kappa shape index (κ1) is 31.2. The molecule has 2 aromatic heterocycles. The standard InChI is InChI=1S/C52H33N3/c1-3-13-36(14-4-1)52-53-47(33-48(54-52)44-22-12-24-50-51(44)45-19-9-10-23-49(45)55(50)40-17-5-2-6-18-40)35-27-25-34(26-28-35)41-20-11-21-42-43(41)30-29-39-31-37-15-7-8-16-38(37)32-46(39)42/h1-33H. The Bertz CT molecular complexity index is 3230. The van der Waals surface area contributed by atoms with Crippen LogP contribution in [0.4, 0.5) is 0 Å². The number of hydrogen-bond donors (Lipinski definition) is 0. The molecule has 0 amide bonds. The third kappa shape index (κ3) is 5.20. The van der Waals surface area contributed by atoms with Crippen molar-refractivity contribution >= 4 is 54.1 Å². The van der Waals surface area contributed by atoms with Gasteiger partial charge in [0.25, 0.3) is 0 Å². The van der Waals surface area contributed by atoms with Gasteiger partial charge < -0.3 is 4.57 Å². The van der Waals surface area contributed by atoms with E-state index in [2.05, 4.69) is 187 Å². The van der Waals surface area contributed by atoms with Crippen LogP contribution in [0, 0.1) is 0 Å². The highest BCUT2D eigenvalue weighted by Gasteiger charge is 2.19. The molecule has 0 radical (unpaired) electrons. The van der Waals surface area contributed by atoms with Crippen LogP contribution in [0.2, 0.25) is 0 Å². The predicted molar refractivity (Wildman–Crippen MR) is 231 cm³/mol. The first-order chi connectivity index (χ1) is 27.3. The van der Waals surface area contributed by atoms with Crippen LogP contribution in [0.15, 0.2) is 200 Å². The van der Waals surface area contributed by atoms with Gasteiger partial charge in [-0.3, -0.25) is 0 Å². The van der Waals surface area contributed by atoms with Crippen LogP contribution >= 0.6 is 0 Å². The Morgan fingerprint density at radius 1 is 0.327 bits per heavy atom. The summed E-state index contributed by atoms with van der Waals surface area (Å²) in [5, 5.41) is 9.94. The van der Waals surface area contributed by atoms with E-state index >= 15 is 0 Å². The van der Waals surface area contributed by atoms with Gasteiger partial charge in [0.1, 0.15) is 0 Å². The topological polar surface area (TPSA) is 30.7 Å². The van der Waals surface area contributed by atoms with Crippen LogP contribution in [0.1, 0.15) is 0 Å². The minimum atomic E-state index is 0.703. The molecule has 3 heteroatoms. The fourth-order valence-electron chi connectivity index (χ4n) is 8.39. The van der Waals surface area contributed by atoms with E-state index in [4.69, 9.17) is 9.97 Å². The summed E-state index contributed by atoms with van der Waals surface area (Å²) in [7, 11) is 0. The molecular weight excluding hydrogens is 667 g/mol. The maximum atomic E-state index is 5.26. The van der Waals surface area contributed by atoms with Crippen molar-refractivity contribution < 1.29 is 0 Å². The largest absolute Gasteiger partial charge is 0.309 e. The number of rotatable bonds is 5. The highest BCUT2D eigenvalue weighted by Crippen LogP contribution is 2.40. The minimum absolute atomic E-state index is 0.703. The van der Waals surface area contributed by atoms with Gasteiger partial charge >= 0.3 is 0 Å².